The maximum atomic E-state index is 12.1. The fraction of sp³-hybridized carbons (Fsp3) is 0.333. The van der Waals surface area contributed by atoms with Crippen LogP contribution in [-0.4, -0.2) is 16.9 Å². The van der Waals surface area contributed by atoms with Crippen LogP contribution in [0, 0.1) is 0 Å². The fourth-order valence-electron chi connectivity index (χ4n) is 3.07. The number of hydrogen-bond donors (Lipinski definition) is 2. The smallest absolute Gasteiger partial charge is 0.262 e. The summed E-state index contributed by atoms with van der Waals surface area (Å²) in [4.78, 5) is 26.5. The number of benzene rings is 1. The zero-order chi connectivity index (χ0) is 18.9. The lowest BCUT2D eigenvalue weighted by atomic mass is 9.86. The molecule has 0 aliphatic carbocycles. The molecule has 2 aromatic rings. The second-order valence-electron chi connectivity index (χ2n) is 7.67. The highest BCUT2D eigenvalue weighted by Crippen LogP contribution is 2.28. The molecule has 1 fully saturated rings. The Morgan fingerprint density at radius 2 is 1.81 bits per heavy atom. The quantitative estimate of drug-likeness (QED) is 0.792. The molecule has 1 aromatic carbocycles. The van der Waals surface area contributed by atoms with Crippen molar-refractivity contribution < 1.29 is 4.79 Å². The van der Waals surface area contributed by atoms with E-state index in [1.54, 1.807) is 6.07 Å². The van der Waals surface area contributed by atoms with E-state index in [0.29, 0.717) is 10.9 Å². The number of aromatic amines is 1. The molecule has 5 heteroatoms. The number of aromatic nitrogens is 1. The van der Waals surface area contributed by atoms with E-state index in [0.717, 1.165) is 23.3 Å². The lowest BCUT2D eigenvalue weighted by molar-refractivity contribution is -0.119. The fourth-order valence-corrected chi connectivity index (χ4v) is 3.30. The van der Waals surface area contributed by atoms with E-state index in [4.69, 9.17) is 0 Å². The van der Waals surface area contributed by atoms with Crippen LogP contribution in [0.3, 0.4) is 0 Å². The van der Waals surface area contributed by atoms with Crippen molar-refractivity contribution in [2.75, 3.05) is 0 Å². The van der Waals surface area contributed by atoms with Gasteiger partial charge in [0, 0.05) is 23.7 Å². The van der Waals surface area contributed by atoms with Gasteiger partial charge in [-0.25, -0.2) is 0 Å². The van der Waals surface area contributed by atoms with Crippen molar-refractivity contribution in [1.29, 1.82) is 0 Å². The van der Waals surface area contributed by atoms with Crippen LogP contribution in [0.1, 0.15) is 50.4 Å². The van der Waals surface area contributed by atoms with Gasteiger partial charge in [0.1, 0.15) is 0 Å². The lowest BCUT2D eigenvalue weighted by Gasteiger charge is -2.20. The number of halogens is 1. The van der Waals surface area contributed by atoms with E-state index in [9.17, 15) is 9.59 Å². The Balaban J connectivity index is 2.05. The van der Waals surface area contributed by atoms with Crippen LogP contribution in [0.5, 0.6) is 0 Å². The van der Waals surface area contributed by atoms with E-state index in [-0.39, 0.29) is 22.9 Å². The molecule has 0 bridgehead atoms. The van der Waals surface area contributed by atoms with Crippen LogP contribution in [0.15, 0.2) is 51.7 Å². The minimum atomic E-state index is -0.171. The van der Waals surface area contributed by atoms with E-state index in [1.165, 1.54) is 5.56 Å². The standard InChI is InChI=1S/C21H23BrN2O2/c1-21(2,3)14-6-4-13(5-7-14)16(12-15-8-11-19(25)23-15)18-10-9-17(22)20(26)24-18/h4-7,9-10,12,15H,8,11H2,1-3H3,(H,23,25)(H,24,26)/t15-/m1/s1. The highest BCUT2D eigenvalue weighted by Gasteiger charge is 2.21. The van der Waals surface area contributed by atoms with E-state index >= 15 is 0 Å². The van der Waals surface area contributed by atoms with Crippen molar-refractivity contribution in [3.8, 4) is 0 Å². The second kappa shape index (κ2) is 7.23. The first-order chi connectivity index (χ1) is 12.2. The molecular weight excluding hydrogens is 392 g/mol. The zero-order valence-corrected chi connectivity index (χ0v) is 16.8. The number of nitrogens with one attached hydrogen (secondary N) is 2. The lowest BCUT2D eigenvalue weighted by Crippen LogP contribution is -2.23. The first-order valence-corrected chi connectivity index (χ1v) is 9.54. The molecule has 2 heterocycles. The summed E-state index contributed by atoms with van der Waals surface area (Å²) < 4.78 is 0.498. The predicted octanol–water partition coefficient (Wildman–Crippen LogP) is 4.15. The van der Waals surface area contributed by atoms with Gasteiger partial charge in [0.05, 0.1) is 4.47 Å². The van der Waals surface area contributed by atoms with Gasteiger partial charge in [-0.2, -0.15) is 0 Å². The highest BCUT2D eigenvalue weighted by atomic mass is 79.9. The summed E-state index contributed by atoms with van der Waals surface area (Å²) in [5, 5.41) is 2.97. The molecule has 1 atom stereocenters. The third-order valence-electron chi connectivity index (χ3n) is 4.61. The molecule has 0 unspecified atom stereocenters. The monoisotopic (exact) mass is 414 g/mol. The molecule has 26 heavy (non-hydrogen) atoms. The first-order valence-electron chi connectivity index (χ1n) is 8.75. The van der Waals surface area contributed by atoms with Crippen molar-refractivity contribution in [2.45, 2.75) is 45.1 Å². The number of rotatable bonds is 3. The Hall–Kier alpha value is -2.14. The van der Waals surface area contributed by atoms with Crippen LogP contribution in [0.4, 0.5) is 0 Å². The van der Waals surface area contributed by atoms with Gasteiger partial charge < -0.3 is 10.3 Å². The Bertz CT molecular complexity index is 905. The minimum Gasteiger partial charge on any atom is -0.350 e. The molecule has 4 nitrogen and oxygen atoms in total. The number of carbonyl (C=O) groups excluding carboxylic acids is 1. The Morgan fingerprint density at radius 3 is 2.35 bits per heavy atom. The van der Waals surface area contributed by atoms with Gasteiger partial charge in [-0.1, -0.05) is 51.1 Å². The van der Waals surface area contributed by atoms with Gasteiger partial charge in [-0.05, 0) is 51.0 Å². The van der Waals surface area contributed by atoms with E-state index in [2.05, 4.69) is 71.3 Å². The zero-order valence-electron chi connectivity index (χ0n) is 15.2. The van der Waals surface area contributed by atoms with Gasteiger partial charge in [0.15, 0.2) is 0 Å². The maximum Gasteiger partial charge on any atom is 0.262 e. The number of pyridine rings is 1. The average molecular weight is 415 g/mol. The molecule has 1 amide bonds. The van der Waals surface area contributed by atoms with Crippen molar-refractivity contribution in [3.63, 3.8) is 0 Å². The largest absolute Gasteiger partial charge is 0.350 e. The van der Waals surface area contributed by atoms with Crippen molar-refractivity contribution >= 4 is 27.4 Å². The Labute approximate surface area is 161 Å². The SMILES string of the molecule is CC(C)(C)c1ccc(C(=C[C@H]2CCC(=O)N2)c2ccc(Br)c(=O)[nH]2)cc1. The maximum absolute atomic E-state index is 12.1. The Morgan fingerprint density at radius 1 is 1.12 bits per heavy atom. The van der Waals surface area contributed by atoms with Crippen molar-refractivity contribution in [3.05, 3.63) is 74.1 Å². The number of amides is 1. The summed E-state index contributed by atoms with van der Waals surface area (Å²) in [6, 6.07) is 12.0. The third-order valence-corrected chi connectivity index (χ3v) is 5.23. The van der Waals surface area contributed by atoms with Crippen LogP contribution in [0.2, 0.25) is 0 Å². The van der Waals surface area contributed by atoms with Gasteiger partial charge in [0.25, 0.3) is 5.56 Å². The molecule has 136 valence electrons. The van der Waals surface area contributed by atoms with Gasteiger partial charge >= 0.3 is 0 Å². The summed E-state index contributed by atoms with van der Waals surface area (Å²) in [6.45, 7) is 6.54. The molecule has 0 spiro atoms. The molecule has 1 aromatic heterocycles. The van der Waals surface area contributed by atoms with Crippen LogP contribution in [0.25, 0.3) is 5.57 Å². The summed E-state index contributed by atoms with van der Waals surface area (Å²) in [7, 11) is 0. The van der Waals surface area contributed by atoms with E-state index < -0.39 is 0 Å². The summed E-state index contributed by atoms with van der Waals surface area (Å²) in [5.74, 6) is 0.0676. The van der Waals surface area contributed by atoms with Crippen LogP contribution >= 0.6 is 15.9 Å². The Kier molecular flexibility index (Phi) is 5.19. The second-order valence-corrected chi connectivity index (χ2v) is 8.52. The average Bonchev–Trinajstić information content (AvgIpc) is 3.00. The summed E-state index contributed by atoms with van der Waals surface area (Å²) in [5.41, 5.74) is 3.82. The normalized spacial score (nSPS) is 18.1. The van der Waals surface area contributed by atoms with Crippen molar-refractivity contribution in [2.24, 2.45) is 0 Å². The van der Waals surface area contributed by atoms with Crippen molar-refractivity contribution in [1.82, 2.24) is 10.3 Å². The molecule has 2 N–H and O–H groups in total. The molecule has 0 saturated carbocycles. The van der Waals surface area contributed by atoms with Crippen LogP contribution in [-0.2, 0) is 10.2 Å². The molecule has 3 rings (SSSR count). The molecule has 0 radical (unpaired) electrons. The van der Waals surface area contributed by atoms with Gasteiger partial charge in [0.2, 0.25) is 5.91 Å². The minimum absolute atomic E-state index is 0.0214. The number of carbonyl (C=O) groups is 1. The summed E-state index contributed by atoms with van der Waals surface area (Å²) in [6.07, 6.45) is 3.34. The third kappa shape index (κ3) is 4.15. The highest BCUT2D eigenvalue weighted by molar-refractivity contribution is 9.10. The molecule has 1 aliphatic heterocycles. The first kappa shape index (κ1) is 18.6. The molecule has 1 aliphatic rings. The number of H-pyrrole nitrogens is 1. The molecular formula is C21H23BrN2O2. The number of hydrogen-bond acceptors (Lipinski definition) is 2. The predicted molar refractivity (Wildman–Crippen MR) is 108 cm³/mol. The van der Waals surface area contributed by atoms with Gasteiger partial charge in [-0.15, -0.1) is 0 Å². The molecule has 1 saturated heterocycles. The van der Waals surface area contributed by atoms with Crippen LogP contribution < -0.4 is 10.9 Å². The summed E-state index contributed by atoms with van der Waals surface area (Å²) >= 11 is 3.24. The van der Waals surface area contributed by atoms with E-state index in [1.807, 2.05) is 12.1 Å². The van der Waals surface area contributed by atoms with Gasteiger partial charge in [-0.3, -0.25) is 9.59 Å². The topological polar surface area (TPSA) is 62.0 Å².